The van der Waals surface area contributed by atoms with Gasteiger partial charge in [0.2, 0.25) is 17.7 Å². The van der Waals surface area contributed by atoms with Crippen LogP contribution in [0, 0.1) is 11.7 Å². The molecule has 2 aromatic rings. The van der Waals surface area contributed by atoms with E-state index < -0.39 is 35.8 Å². The van der Waals surface area contributed by atoms with Crippen LogP contribution in [0.25, 0.3) is 0 Å². The van der Waals surface area contributed by atoms with Crippen LogP contribution in [0.4, 0.5) is 4.39 Å². The van der Waals surface area contributed by atoms with Gasteiger partial charge in [0.1, 0.15) is 17.9 Å². The van der Waals surface area contributed by atoms with Crippen LogP contribution in [0.3, 0.4) is 0 Å². The molecule has 0 aliphatic carbocycles. The van der Waals surface area contributed by atoms with E-state index in [-0.39, 0.29) is 35.8 Å². The highest BCUT2D eigenvalue weighted by Crippen LogP contribution is 2.28. The summed E-state index contributed by atoms with van der Waals surface area (Å²) in [5.41, 5.74) is 1.54. The molecule has 5 N–H and O–H groups in total. The van der Waals surface area contributed by atoms with Gasteiger partial charge in [-0.25, -0.2) is 4.39 Å². The predicted molar refractivity (Wildman–Crippen MR) is 188 cm³/mol. The number of nitrogens with zero attached hydrogens (tertiary/aromatic N) is 1. The highest BCUT2D eigenvalue weighted by Gasteiger charge is 2.30. The number of benzene rings is 2. The number of hydrogen-bond donors (Lipinski definition) is 5. The van der Waals surface area contributed by atoms with Gasteiger partial charge < -0.3 is 35.8 Å². The maximum atomic E-state index is 14.2. The van der Waals surface area contributed by atoms with Gasteiger partial charge in [-0.2, -0.15) is 0 Å². The Morgan fingerprint density at radius 1 is 0.940 bits per heavy atom. The minimum absolute atomic E-state index is 0.0460. The standard InChI is InChI=1S/C36H51ClFN5O7/c1-23(2)18-29-35(47)42-34(24(3)44)36(48)40-14-5-6-16-43(21-26-8-11-27(37)28(38)19-26)17-7-15-39-33(46)22-50-30-12-9-25(20-31(30)49-4)10-13-32(45)41-29/h8-9,11-12,19-20,23-24,29,34,44H,5-7,10,13-18,21-22H2,1-4H3,(H,39,46)(H,40,48)(H,41,45)(H,42,47)/t24-,29-,34+/m1/s1. The van der Waals surface area contributed by atoms with Crippen LogP contribution in [-0.4, -0.2) is 91.7 Å². The fourth-order valence-corrected chi connectivity index (χ4v) is 5.66. The summed E-state index contributed by atoms with van der Waals surface area (Å²) < 4.78 is 25.3. The number of hydrogen-bond acceptors (Lipinski definition) is 8. The van der Waals surface area contributed by atoms with Gasteiger partial charge in [0, 0.05) is 32.6 Å². The van der Waals surface area contributed by atoms with Crippen LogP contribution < -0.4 is 30.7 Å². The summed E-state index contributed by atoms with van der Waals surface area (Å²) in [5, 5.41) is 21.5. The van der Waals surface area contributed by atoms with Gasteiger partial charge in [-0.15, -0.1) is 0 Å². The van der Waals surface area contributed by atoms with Crippen molar-refractivity contribution < 1.29 is 38.1 Å². The first-order valence-corrected chi connectivity index (χ1v) is 17.5. The maximum absolute atomic E-state index is 14.2. The van der Waals surface area contributed by atoms with E-state index in [1.54, 1.807) is 24.3 Å². The Labute approximate surface area is 298 Å². The molecule has 0 radical (unpaired) electrons. The van der Waals surface area contributed by atoms with Crippen molar-refractivity contribution >= 4 is 35.2 Å². The number of nitrogens with one attached hydrogen (secondary N) is 4. The summed E-state index contributed by atoms with van der Waals surface area (Å²) in [4.78, 5) is 54.1. The Kier molecular flexibility index (Phi) is 16.7. The minimum atomic E-state index is -1.22. The zero-order valence-electron chi connectivity index (χ0n) is 29.4. The number of ether oxygens (including phenoxy) is 2. The molecular formula is C36H51ClFN5O7. The first-order valence-electron chi connectivity index (χ1n) is 17.1. The second-order valence-corrected chi connectivity index (χ2v) is 13.4. The lowest BCUT2D eigenvalue weighted by molar-refractivity contribution is -0.134. The van der Waals surface area contributed by atoms with E-state index in [2.05, 4.69) is 26.2 Å². The molecule has 12 nitrogen and oxygen atoms in total. The molecule has 2 aliphatic rings. The lowest BCUT2D eigenvalue weighted by Gasteiger charge is -2.26. The third kappa shape index (κ3) is 13.8. The zero-order valence-corrected chi connectivity index (χ0v) is 30.1. The molecule has 3 atom stereocenters. The number of amides is 4. The second kappa shape index (κ2) is 20.7. The number of rotatable bonds is 6. The molecule has 0 spiro atoms. The molecule has 50 heavy (non-hydrogen) atoms. The molecule has 4 amide bonds. The minimum Gasteiger partial charge on any atom is -0.493 e. The van der Waals surface area contributed by atoms with E-state index >= 15 is 0 Å². The Balaban J connectivity index is 1.77. The summed E-state index contributed by atoms with van der Waals surface area (Å²) in [6.07, 6.45) is 1.49. The summed E-state index contributed by atoms with van der Waals surface area (Å²) in [5.74, 6) is -1.40. The van der Waals surface area contributed by atoms with Crippen molar-refractivity contribution in [3.63, 3.8) is 0 Å². The molecule has 2 aromatic carbocycles. The maximum Gasteiger partial charge on any atom is 0.257 e. The number of aryl methyl sites for hydroxylation is 1. The van der Waals surface area contributed by atoms with E-state index in [4.69, 9.17) is 21.1 Å². The average molecular weight is 720 g/mol. The third-order valence-corrected chi connectivity index (χ3v) is 8.52. The van der Waals surface area contributed by atoms with Gasteiger partial charge in [-0.1, -0.05) is 37.6 Å². The van der Waals surface area contributed by atoms with Crippen LogP contribution in [0.5, 0.6) is 11.5 Å². The quantitative estimate of drug-likeness (QED) is 0.285. The number of halogens is 2. The van der Waals surface area contributed by atoms with Crippen molar-refractivity contribution in [2.24, 2.45) is 5.92 Å². The Hall–Kier alpha value is -3.94. The summed E-state index contributed by atoms with van der Waals surface area (Å²) >= 11 is 5.87. The molecule has 276 valence electrons. The average Bonchev–Trinajstić information content (AvgIpc) is 3.07. The fourth-order valence-electron chi connectivity index (χ4n) is 5.55. The third-order valence-electron chi connectivity index (χ3n) is 8.21. The first-order chi connectivity index (χ1) is 23.9. The van der Waals surface area contributed by atoms with Gasteiger partial charge in [0.15, 0.2) is 18.1 Å². The van der Waals surface area contributed by atoms with Crippen molar-refractivity contribution in [2.75, 3.05) is 39.9 Å². The first kappa shape index (κ1) is 40.5. The number of aliphatic hydroxyl groups is 1. The van der Waals surface area contributed by atoms with Crippen LogP contribution in [0.1, 0.15) is 64.0 Å². The smallest absolute Gasteiger partial charge is 0.257 e. The van der Waals surface area contributed by atoms with E-state index in [0.717, 1.165) is 11.1 Å². The number of aliphatic hydroxyl groups excluding tert-OH is 1. The molecule has 4 rings (SSSR count). The molecule has 0 fully saturated rings. The summed E-state index contributed by atoms with van der Waals surface area (Å²) in [6.45, 7) is 7.43. The SMILES string of the molecule is COc1cc2ccc1OCC(=O)NCCCN(Cc1ccc(Cl)c(F)c1)CCCCNC(=O)[C@H]([C@@H](C)O)NC(=O)[C@@H](CC(C)C)NC(=O)CC2. The molecule has 0 saturated carbocycles. The largest absolute Gasteiger partial charge is 0.493 e. The van der Waals surface area contributed by atoms with E-state index in [1.807, 2.05) is 13.8 Å². The van der Waals surface area contributed by atoms with E-state index in [9.17, 15) is 28.7 Å². The monoisotopic (exact) mass is 719 g/mol. The van der Waals surface area contributed by atoms with Crippen LogP contribution >= 0.6 is 11.6 Å². The van der Waals surface area contributed by atoms with Crippen LogP contribution in [0.15, 0.2) is 36.4 Å². The Morgan fingerprint density at radius 3 is 2.38 bits per heavy atom. The highest BCUT2D eigenvalue weighted by molar-refractivity contribution is 6.30. The Morgan fingerprint density at radius 2 is 1.68 bits per heavy atom. The van der Waals surface area contributed by atoms with Crippen molar-refractivity contribution in [2.45, 2.75) is 84.0 Å². The fraction of sp³-hybridized carbons (Fsp3) is 0.556. The van der Waals surface area contributed by atoms with Gasteiger partial charge >= 0.3 is 0 Å². The molecule has 2 bridgehead atoms. The molecule has 2 aliphatic heterocycles. The number of carbonyl (C=O) groups is 4. The molecule has 14 heteroatoms. The van der Waals surface area contributed by atoms with Gasteiger partial charge in [-0.05, 0) is 86.9 Å². The lowest BCUT2D eigenvalue weighted by Crippen LogP contribution is -2.57. The van der Waals surface area contributed by atoms with Gasteiger partial charge in [0.25, 0.3) is 5.91 Å². The Bertz CT molecular complexity index is 1440. The van der Waals surface area contributed by atoms with E-state index in [1.165, 1.54) is 26.2 Å². The molecule has 0 aromatic heterocycles. The van der Waals surface area contributed by atoms with Crippen LogP contribution in [-0.2, 0) is 32.1 Å². The van der Waals surface area contributed by atoms with Crippen molar-refractivity contribution in [1.82, 2.24) is 26.2 Å². The van der Waals surface area contributed by atoms with Gasteiger partial charge in [-0.3, -0.25) is 24.1 Å². The van der Waals surface area contributed by atoms with E-state index in [0.29, 0.717) is 76.3 Å². The molecule has 0 unspecified atom stereocenters. The zero-order chi connectivity index (χ0) is 36.6. The summed E-state index contributed by atoms with van der Waals surface area (Å²) in [6, 6.07) is 7.75. The van der Waals surface area contributed by atoms with Crippen molar-refractivity contribution in [3.05, 3.63) is 58.4 Å². The normalized spacial score (nSPS) is 20.6. The second-order valence-electron chi connectivity index (χ2n) is 13.0. The predicted octanol–water partition coefficient (Wildman–Crippen LogP) is 3.11. The topological polar surface area (TPSA) is 158 Å². The summed E-state index contributed by atoms with van der Waals surface area (Å²) in [7, 11) is 1.48. The molecule has 0 saturated heterocycles. The number of carbonyl (C=O) groups excluding carboxylic acids is 4. The van der Waals surface area contributed by atoms with Crippen molar-refractivity contribution in [3.8, 4) is 11.5 Å². The molecule has 2 heterocycles. The van der Waals surface area contributed by atoms with Crippen LogP contribution in [0.2, 0.25) is 5.02 Å². The number of fused-ring (bicyclic) bond motifs is 23. The lowest BCUT2D eigenvalue weighted by atomic mass is 10.0. The highest BCUT2D eigenvalue weighted by atomic mass is 35.5. The molecular weight excluding hydrogens is 669 g/mol. The van der Waals surface area contributed by atoms with Crippen molar-refractivity contribution in [1.29, 1.82) is 0 Å². The number of methoxy groups -OCH3 is 1. The van der Waals surface area contributed by atoms with Gasteiger partial charge in [0.05, 0.1) is 18.2 Å².